The molecule has 2 unspecified atom stereocenters. The summed E-state index contributed by atoms with van der Waals surface area (Å²) in [6.45, 7) is 0.0398. The summed E-state index contributed by atoms with van der Waals surface area (Å²) in [4.78, 5) is 54.2. The Morgan fingerprint density at radius 2 is 1.72 bits per heavy atom. The van der Waals surface area contributed by atoms with Crippen molar-refractivity contribution in [3.05, 3.63) is 40.2 Å². The molecule has 0 heterocycles. The number of phenols is 1. The van der Waals surface area contributed by atoms with Gasteiger partial charge in [0.15, 0.2) is 11.4 Å². The van der Waals surface area contributed by atoms with Crippen molar-refractivity contribution in [2.75, 3.05) is 40.1 Å². The number of rotatable bonds is 5. The molecule has 12 nitrogen and oxygen atoms in total. The molecule has 214 valence electrons. The van der Waals surface area contributed by atoms with Crippen LogP contribution in [0.15, 0.2) is 29.0 Å². The Kier molecular flexibility index (Phi) is 9.16. The predicted octanol–water partition coefficient (Wildman–Crippen LogP) is 0.308. The van der Waals surface area contributed by atoms with Crippen LogP contribution < -0.4 is 11.1 Å². The summed E-state index contributed by atoms with van der Waals surface area (Å²) in [5, 5.41) is 47.1. The molecular formula is C25H32Cl2N4O8. The van der Waals surface area contributed by atoms with Crippen LogP contribution in [0.2, 0.25) is 0 Å². The Hall–Kier alpha value is -3.16. The second-order valence-corrected chi connectivity index (χ2v) is 10.2. The Balaban J connectivity index is 0.00000267. The molecule has 39 heavy (non-hydrogen) atoms. The third-order valence-electron chi connectivity index (χ3n) is 7.33. The van der Waals surface area contributed by atoms with Crippen molar-refractivity contribution in [3.8, 4) is 5.75 Å². The highest BCUT2D eigenvalue weighted by Crippen LogP contribution is 2.53. The molecule has 0 bridgehead atoms. The van der Waals surface area contributed by atoms with Crippen LogP contribution in [0.5, 0.6) is 5.75 Å². The Morgan fingerprint density at radius 1 is 1.10 bits per heavy atom. The summed E-state index contributed by atoms with van der Waals surface area (Å²) < 4.78 is 0. The van der Waals surface area contributed by atoms with Crippen molar-refractivity contribution in [3.63, 3.8) is 0 Å². The number of phenolic OH excluding ortho intramolecular Hbond substituents is 1. The van der Waals surface area contributed by atoms with E-state index in [1.807, 2.05) is 0 Å². The van der Waals surface area contributed by atoms with E-state index >= 15 is 0 Å². The molecule has 3 aliphatic carbocycles. The maximum Gasteiger partial charge on any atom is 0.255 e. The van der Waals surface area contributed by atoms with Crippen LogP contribution in [-0.4, -0.2) is 100.0 Å². The average molecular weight is 587 g/mol. The van der Waals surface area contributed by atoms with Crippen LogP contribution in [0.1, 0.15) is 17.5 Å². The van der Waals surface area contributed by atoms with Gasteiger partial charge in [0.25, 0.3) is 5.91 Å². The highest BCUT2D eigenvalue weighted by Gasteiger charge is 2.64. The first kappa shape index (κ1) is 32.1. The molecule has 14 heteroatoms. The minimum Gasteiger partial charge on any atom is -0.508 e. The highest BCUT2D eigenvalue weighted by molar-refractivity contribution is 6.24. The summed E-state index contributed by atoms with van der Waals surface area (Å²) in [6, 6.07) is 1.96. The molecule has 4 rings (SSSR count). The van der Waals surface area contributed by atoms with Crippen LogP contribution in [0, 0.1) is 11.8 Å². The molecule has 0 aliphatic heterocycles. The van der Waals surface area contributed by atoms with Gasteiger partial charge in [-0.1, -0.05) is 6.07 Å². The van der Waals surface area contributed by atoms with E-state index in [2.05, 4.69) is 5.32 Å². The number of carbonyl (C=O) groups is 4. The number of anilines is 1. The maximum absolute atomic E-state index is 13.8. The number of nitrogens with one attached hydrogen (secondary N) is 1. The van der Waals surface area contributed by atoms with Crippen LogP contribution >= 0.6 is 24.8 Å². The molecule has 1 aromatic carbocycles. The molecule has 1 saturated carbocycles. The summed E-state index contributed by atoms with van der Waals surface area (Å²) in [6.07, 6.45) is 0.182. The number of hydrogen-bond donors (Lipinski definition) is 6. The second-order valence-electron chi connectivity index (χ2n) is 10.2. The van der Waals surface area contributed by atoms with Crippen molar-refractivity contribution in [2.24, 2.45) is 17.6 Å². The lowest BCUT2D eigenvalue weighted by atomic mass is 9.57. The number of fused-ring (bicyclic) bond motifs is 3. The number of aliphatic hydroxyl groups excluding tert-OH is 2. The van der Waals surface area contributed by atoms with Gasteiger partial charge < -0.3 is 36.4 Å². The topological polar surface area (TPSA) is 194 Å². The number of aromatic hydroxyl groups is 1. The molecule has 1 aromatic rings. The standard InChI is InChI=1S/C25H30N4O8.2ClH/c1-28(2)9-14(30)27-13-6-5-10-7-11-8-12-18(29(3)4)21(33)17(24(26)36)23(35)25(12,37)22(34)16(11)20(32)15(10)19(13)31;;/h5-6,11-12,18,31-32,35,37H,7-9H2,1-4H3,(H2,26,36)(H,27,30);2*1H/t11?,12?,18-,25-;;/m0../s1. The molecular weight excluding hydrogens is 555 g/mol. The van der Waals surface area contributed by atoms with Gasteiger partial charge in [-0.15, -0.1) is 24.8 Å². The maximum atomic E-state index is 13.8. The third kappa shape index (κ3) is 4.87. The summed E-state index contributed by atoms with van der Waals surface area (Å²) >= 11 is 0. The quantitative estimate of drug-likeness (QED) is 0.206. The molecule has 3 aliphatic rings. The van der Waals surface area contributed by atoms with Gasteiger partial charge in [0.1, 0.15) is 22.8 Å². The van der Waals surface area contributed by atoms with Crippen LogP contribution in [0.3, 0.4) is 0 Å². The zero-order valence-corrected chi connectivity index (χ0v) is 23.4. The Bertz CT molecular complexity index is 1310. The summed E-state index contributed by atoms with van der Waals surface area (Å²) in [5.74, 6) is -7.61. The van der Waals surface area contributed by atoms with E-state index in [1.165, 1.54) is 25.1 Å². The smallest absolute Gasteiger partial charge is 0.255 e. The first-order valence-electron chi connectivity index (χ1n) is 11.7. The van der Waals surface area contributed by atoms with E-state index in [0.717, 1.165) is 0 Å². The van der Waals surface area contributed by atoms with E-state index in [1.54, 1.807) is 25.1 Å². The van der Waals surface area contributed by atoms with Gasteiger partial charge in [0.05, 0.1) is 23.8 Å². The third-order valence-corrected chi connectivity index (χ3v) is 7.33. The largest absolute Gasteiger partial charge is 0.508 e. The van der Waals surface area contributed by atoms with Gasteiger partial charge in [-0.05, 0) is 58.6 Å². The van der Waals surface area contributed by atoms with Gasteiger partial charge in [0.2, 0.25) is 11.7 Å². The fraction of sp³-hybridized carbons (Fsp3) is 0.440. The SMILES string of the molecule is CN(C)CC(=O)Nc1ccc2c(c1O)C(O)=C1C(=O)[C@]3(O)C(O)=C(C(N)=O)C(=O)[C@@H](N(C)C)C3CC1C2.Cl.Cl. The van der Waals surface area contributed by atoms with E-state index in [-0.39, 0.29) is 61.0 Å². The molecule has 0 aromatic heterocycles. The van der Waals surface area contributed by atoms with Gasteiger partial charge in [-0.2, -0.15) is 0 Å². The number of aliphatic hydroxyl groups is 3. The molecule has 1 fully saturated rings. The zero-order chi connectivity index (χ0) is 27.6. The van der Waals surface area contributed by atoms with Crippen molar-refractivity contribution < 1.29 is 39.6 Å². The average Bonchev–Trinajstić information content (AvgIpc) is 2.77. The van der Waals surface area contributed by atoms with Crippen LogP contribution in [0.4, 0.5) is 5.69 Å². The number of likely N-dealkylation sites (N-methyl/N-ethyl adjacent to an activating group) is 2. The first-order valence-corrected chi connectivity index (χ1v) is 11.7. The number of primary amides is 1. The second kappa shape index (κ2) is 11.1. The Labute approximate surface area is 237 Å². The predicted molar refractivity (Wildman–Crippen MR) is 146 cm³/mol. The van der Waals surface area contributed by atoms with Crippen LogP contribution in [0.25, 0.3) is 5.76 Å². The molecule has 0 spiro atoms. The van der Waals surface area contributed by atoms with Gasteiger partial charge >= 0.3 is 0 Å². The number of amides is 2. The molecule has 0 saturated heterocycles. The highest BCUT2D eigenvalue weighted by atomic mass is 35.5. The minimum absolute atomic E-state index is 0. The molecule has 4 atom stereocenters. The van der Waals surface area contributed by atoms with E-state index < -0.39 is 69.7 Å². The Morgan fingerprint density at radius 3 is 2.26 bits per heavy atom. The minimum atomic E-state index is -2.70. The number of ketones is 2. The summed E-state index contributed by atoms with van der Waals surface area (Å²) in [5.41, 5.74) is 1.93. The lowest BCUT2D eigenvalue weighted by Crippen LogP contribution is -2.65. The number of hydrogen-bond acceptors (Lipinski definition) is 10. The van der Waals surface area contributed by atoms with Crippen molar-refractivity contribution in [1.82, 2.24) is 9.80 Å². The fourth-order valence-electron chi connectivity index (χ4n) is 5.80. The van der Waals surface area contributed by atoms with Crippen molar-refractivity contribution in [2.45, 2.75) is 24.5 Å². The number of nitrogens with two attached hydrogens (primary N) is 1. The molecule has 2 amide bonds. The van der Waals surface area contributed by atoms with Crippen molar-refractivity contribution in [1.29, 1.82) is 0 Å². The zero-order valence-electron chi connectivity index (χ0n) is 21.7. The van der Waals surface area contributed by atoms with E-state index in [0.29, 0.717) is 5.56 Å². The van der Waals surface area contributed by atoms with Crippen molar-refractivity contribution >= 4 is 59.6 Å². The number of nitrogens with zero attached hydrogens (tertiary/aromatic N) is 2. The number of halogens is 2. The van der Waals surface area contributed by atoms with E-state index in [9.17, 15) is 39.6 Å². The molecule has 7 N–H and O–H groups in total. The lowest BCUT2D eigenvalue weighted by molar-refractivity contribution is -0.153. The van der Waals surface area contributed by atoms with Crippen LogP contribution in [-0.2, 0) is 25.6 Å². The number of benzene rings is 1. The first-order chi connectivity index (χ1) is 17.2. The lowest BCUT2D eigenvalue weighted by Gasteiger charge is -2.50. The number of carbonyl (C=O) groups excluding carboxylic acids is 4. The monoisotopic (exact) mass is 586 g/mol. The number of Topliss-reactive ketones (excluding diaryl/α,β-unsaturated/α-hetero) is 2. The van der Waals surface area contributed by atoms with Gasteiger partial charge in [0, 0.05) is 11.5 Å². The molecule has 0 radical (unpaired) electrons. The normalized spacial score (nSPS) is 25.9. The van der Waals surface area contributed by atoms with Gasteiger partial charge in [-0.25, -0.2) is 0 Å². The van der Waals surface area contributed by atoms with E-state index in [4.69, 9.17) is 5.73 Å². The summed E-state index contributed by atoms with van der Waals surface area (Å²) in [7, 11) is 6.47. The van der Waals surface area contributed by atoms with Gasteiger partial charge in [-0.3, -0.25) is 24.1 Å². The fourth-order valence-corrected chi connectivity index (χ4v) is 5.80.